The van der Waals surface area contributed by atoms with Crippen LogP contribution in [0.2, 0.25) is 0 Å². The summed E-state index contributed by atoms with van der Waals surface area (Å²) in [4.78, 5) is 49.9. The predicted molar refractivity (Wildman–Crippen MR) is 167 cm³/mol. The van der Waals surface area contributed by atoms with E-state index in [0.29, 0.717) is 35.3 Å². The maximum atomic E-state index is 15.0. The second-order valence-corrected chi connectivity index (χ2v) is 12.3. The van der Waals surface area contributed by atoms with Crippen molar-refractivity contribution >= 4 is 34.1 Å². The van der Waals surface area contributed by atoms with Crippen LogP contribution in [-0.4, -0.2) is 61.4 Å². The number of likely N-dealkylation sites (tertiary alicyclic amines) is 1. The fourth-order valence-electron chi connectivity index (χ4n) is 5.85. The number of aryl methyl sites for hydroxylation is 2. The Morgan fingerprint density at radius 2 is 1.70 bits per heavy atom. The molecule has 1 aliphatic rings. The Labute approximate surface area is 256 Å². The quantitative estimate of drug-likeness (QED) is 0.271. The summed E-state index contributed by atoms with van der Waals surface area (Å²) in [7, 11) is 0. The van der Waals surface area contributed by atoms with Crippen molar-refractivity contribution in [3.05, 3.63) is 83.3 Å². The van der Waals surface area contributed by atoms with E-state index in [-0.39, 0.29) is 35.9 Å². The van der Waals surface area contributed by atoms with Crippen LogP contribution in [0.3, 0.4) is 0 Å². The predicted octanol–water partition coefficient (Wildman–Crippen LogP) is 5.46. The molecule has 1 aliphatic heterocycles. The van der Waals surface area contributed by atoms with E-state index in [4.69, 9.17) is 0 Å². The van der Waals surface area contributed by atoms with Crippen LogP contribution in [0, 0.1) is 19.3 Å². The molecule has 44 heavy (non-hydrogen) atoms. The van der Waals surface area contributed by atoms with Gasteiger partial charge in [0.05, 0.1) is 12.1 Å². The van der Waals surface area contributed by atoms with E-state index >= 15 is 0 Å². The molecule has 0 saturated carbocycles. The van der Waals surface area contributed by atoms with Crippen LogP contribution in [0.15, 0.2) is 60.7 Å². The fraction of sp³-hybridized carbons (Fsp3) is 0.353. The van der Waals surface area contributed by atoms with Gasteiger partial charge in [0.25, 0.3) is 0 Å². The summed E-state index contributed by atoms with van der Waals surface area (Å²) in [5, 5.41) is 7.89. The number of nitrogens with one attached hydrogen (secondary N) is 1. The number of hydrogen-bond donors (Lipinski definition) is 1. The molecule has 0 bridgehead atoms. The van der Waals surface area contributed by atoms with Gasteiger partial charge >= 0.3 is 0 Å². The van der Waals surface area contributed by atoms with Crippen LogP contribution in [0.1, 0.15) is 61.6 Å². The van der Waals surface area contributed by atoms with Gasteiger partial charge in [-0.05, 0) is 67.0 Å². The average molecular weight is 597 g/mol. The van der Waals surface area contributed by atoms with E-state index in [1.54, 1.807) is 28.9 Å². The number of nitrogens with zero attached hydrogens (tertiary/aromatic N) is 5. The van der Waals surface area contributed by atoms with Gasteiger partial charge in [-0.3, -0.25) is 19.1 Å². The molecular weight excluding hydrogens is 559 g/mol. The highest BCUT2D eigenvalue weighted by Crippen LogP contribution is 2.35. The lowest BCUT2D eigenvalue weighted by atomic mass is 9.90. The second kappa shape index (κ2) is 12.1. The number of aromatic nitrogens is 4. The largest absolute Gasteiger partial charge is 0.348 e. The Balaban J connectivity index is 1.39. The fourth-order valence-corrected chi connectivity index (χ4v) is 5.85. The van der Waals surface area contributed by atoms with Gasteiger partial charge in [0.2, 0.25) is 11.8 Å². The van der Waals surface area contributed by atoms with E-state index in [1.807, 2.05) is 70.2 Å². The Kier molecular flexibility index (Phi) is 8.45. The van der Waals surface area contributed by atoms with Gasteiger partial charge in [-0.2, -0.15) is 5.10 Å². The number of benzene rings is 2. The monoisotopic (exact) mass is 596 g/mol. The summed E-state index contributed by atoms with van der Waals surface area (Å²) in [6.45, 7) is 10.8. The summed E-state index contributed by atoms with van der Waals surface area (Å²) in [6, 6.07) is 12.2. The molecule has 228 valence electrons. The molecule has 10 heteroatoms. The first-order chi connectivity index (χ1) is 20.8. The minimum absolute atomic E-state index is 0.154. The van der Waals surface area contributed by atoms with Gasteiger partial charge in [-0.1, -0.05) is 44.2 Å². The third-order valence-electron chi connectivity index (χ3n) is 8.14. The number of allylic oxidation sites excluding steroid dienone is 1. The molecule has 1 fully saturated rings. The summed E-state index contributed by atoms with van der Waals surface area (Å²) in [5.74, 6) is -0.717. The van der Waals surface area contributed by atoms with Crippen molar-refractivity contribution in [2.45, 2.75) is 60.5 Å². The van der Waals surface area contributed by atoms with Crippen molar-refractivity contribution in [3.8, 4) is 11.1 Å². The maximum Gasteiger partial charge on any atom is 0.245 e. The highest BCUT2D eigenvalue weighted by atomic mass is 19.1. The van der Waals surface area contributed by atoms with Gasteiger partial charge in [-0.15, -0.1) is 0 Å². The van der Waals surface area contributed by atoms with Crippen molar-refractivity contribution in [2.24, 2.45) is 5.41 Å². The van der Waals surface area contributed by atoms with Gasteiger partial charge in [-0.25, -0.2) is 14.4 Å². The number of Topliss-reactive ketones (excluding diaryl/α,β-unsaturated/α-hetero) is 1. The Morgan fingerprint density at radius 3 is 2.36 bits per heavy atom. The molecule has 5 rings (SSSR count). The van der Waals surface area contributed by atoms with Crippen LogP contribution in [0.4, 0.5) is 4.39 Å². The number of carbonyl (C=O) groups excluding carboxylic acids is 3. The number of halogens is 1. The van der Waals surface area contributed by atoms with Gasteiger partial charge in [0.1, 0.15) is 29.9 Å². The summed E-state index contributed by atoms with van der Waals surface area (Å²) < 4.78 is 16.5. The first-order valence-electron chi connectivity index (χ1n) is 14.6. The summed E-state index contributed by atoms with van der Waals surface area (Å²) in [6.07, 6.45) is 3.90. The Hall–Kier alpha value is -4.73. The lowest BCUT2D eigenvalue weighted by Crippen LogP contribution is -2.47. The zero-order valence-corrected chi connectivity index (χ0v) is 25.9. The minimum Gasteiger partial charge on any atom is -0.348 e. The molecule has 1 saturated heterocycles. The highest BCUT2D eigenvalue weighted by Gasteiger charge is 2.43. The van der Waals surface area contributed by atoms with E-state index in [0.717, 1.165) is 22.3 Å². The van der Waals surface area contributed by atoms with E-state index < -0.39 is 17.8 Å². The molecule has 0 spiro atoms. The molecule has 1 N–H and O–H groups in total. The van der Waals surface area contributed by atoms with Crippen LogP contribution in [-0.2, 0) is 16.1 Å². The third kappa shape index (κ3) is 6.29. The van der Waals surface area contributed by atoms with Crippen LogP contribution in [0.5, 0.6) is 0 Å². The standard InChI is InChI=1S/C34H37FN6O3/c1-20-12-25(26-15-36-23(4)37-16-26)13-27-31(22(3)42)39-41(32(20)27)18-30(43)40-19-34(5,6)14-29(40)33(44)38-17-28(35)21(2)24-10-8-7-9-11-24/h7-13,15-16,29H,14,17-19H2,1-6H3,(H,38,44)/b28-21+/t29-/m0/s1. The number of fused-ring (bicyclic) bond motifs is 1. The van der Waals surface area contributed by atoms with Crippen molar-refractivity contribution in [3.63, 3.8) is 0 Å². The molecule has 2 aromatic carbocycles. The first-order valence-corrected chi connectivity index (χ1v) is 14.6. The Morgan fingerprint density at radius 1 is 1.02 bits per heavy atom. The number of carbonyl (C=O) groups is 3. The lowest BCUT2D eigenvalue weighted by Gasteiger charge is -2.24. The van der Waals surface area contributed by atoms with Crippen molar-refractivity contribution in [2.75, 3.05) is 13.1 Å². The molecular formula is C34H37FN6O3. The summed E-state index contributed by atoms with van der Waals surface area (Å²) >= 11 is 0. The lowest BCUT2D eigenvalue weighted by molar-refractivity contribution is -0.139. The van der Waals surface area contributed by atoms with E-state index in [9.17, 15) is 18.8 Å². The van der Waals surface area contributed by atoms with Crippen LogP contribution < -0.4 is 5.32 Å². The normalized spacial score (nSPS) is 16.6. The van der Waals surface area contributed by atoms with Crippen molar-refractivity contribution < 1.29 is 18.8 Å². The topological polar surface area (TPSA) is 110 Å². The first kappa shape index (κ1) is 30.7. The van der Waals surface area contributed by atoms with Gasteiger partial charge in [0.15, 0.2) is 5.78 Å². The van der Waals surface area contributed by atoms with E-state index in [2.05, 4.69) is 20.4 Å². The number of ketones is 1. The smallest absolute Gasteiger partial charge is 0.245 e. The summed E-state index contributed by atoms with van der Waals surface area (Å²) in [5.41, 5.74) is 4.28. The number of hydrogen-bond acceptors (Lipinski definition) is 6. The molecule has 0 aliphatic carbocycles. The Bertz CT molecular complexity index is 1780. The molecule has 0 unspecified atom stereocenters. The van der Waals surface area contributed by atoms with Gasteiger partial charge < -0.3 is 10.2 Å². The molecule has 2 amide bonds. The van der Waals surface area contributed by atoms with Gasteiger partial charge in [0, 0.05) is 36.8 Å². The van der Waals surface area contributed by atoms with Crippen LogP contribution >= 0.6 is 0 Å². The number of amides is 2. The molecule has 2 aromatic heterocycles. The van der Waals surface area contributed by atoms with Crippen molar-refractivity contribution in [1.29, 1.82) is 0 Å². The molecule has 9 nitrogen and oxygen atoms in total. The number of rotatable bonds is 8. The second-order valence-electron chi connectivity index (χ2n) is 12.3. The average Bonchev–Trinajstić information content (AvgIpc) is 3.53. The SMILES string of the molecule is CC(=O)c1nn(CC(=O)N2CC(C)(C)C[C@H]2C(=O)NC/C(F)=C(/C)c2ccccc2)c2c(C)cc(-c3cnc(C)nc3)cc12. The zero-order valence-electron chi connectivity index (χ0n) is 25.9. The highest BCUT2D eigenvalue weighted by molar-refractivity contribution is 6.07. The molecule has 1 atom stereocenters. The van der Waals surface area contributed by atoms with E-state index in [1.165, 1.54) is 6.92 Å². The van der Waals surface area contributed by atoms with Crippen LogP contribution in [0.25, 0.3) is 27.6 Å². The third-order valence-corrected chi connectivity index (χ3v) is 8.14. The molecule has 4 aromatic rings. The maximum absolute atomic E-state index is 15.0. The molecule has 3 heterocycles. The molecule has 0 radical (unpaired) electrons. The minimum atomic E-state index is -0.759. The zero-order chi connectivity index (χ0) is 31.8. The van der Waals surface area contributed by atoms with Crippen molar-refractivity contribution in [1.82, 2.24) is 30.0 Å².